The number of nitriles is 1. The van der Waals surface area contributed by atoms with Crippen LogP contribution in [0.2, 0.25) is 0 Å². The summed E-state index contributed by atoms with van der Waals surface area (Å²) in [6.07, 6.45) is 3.64. The van der Waals surface area contributed by atoms with Crippen LogP contribution in [0, 0.1) is 34.4 Å². The lowest BCUT2D eigenvalue weighted by atomic mass is 9.87. The summed E-state index contributed by atoms with van der Waals surface area (Å²) in [4.78, 5) is 21.8. The Bertz CT molecular complexity index is 1020. The van der Waals surface area contributed by atoms with Gasteiger partial charge in [0.05, 0.1) is 67.1 Å². The van der Waals surface area contributed by atoms with Gasteiger partial charge in [-0.2, -0.15) is 5.26 Å². The van der Waals surface area contributed by atoms with E-state index in [1.165, 1.54) is 12.4 Å². The fourth-order valence-electron chi connectivity index (χ4n) is 5.94. The molecule has 1 aromatic rings. The highest BCUT2D eigenvalue weighted by Gasteiger charge is 2.55. The van der Waals surface area contributed by atoms with E-state index in [-0.39, 0.29) is 23.4 Å². The van der Waals surface area contributed by atoms with Crippen LogP contribution in [0.15, 0.2) is 12.4 Å². The summed E-state index contributed by atoms with van der Waals surface area (Å²) in [6, 6.07) is 2.92. The molecule has 6 rings (SSSR count). The number of hydrazine groups is 1. The van der Waals surface area contributed by atoms with E-state index in [0.717, 1.165) is 39.1 Å². The number of ether oxygens (including phenoxy) is 1. The molecule has 5 heterocycles. The molecule has 4 atom stereocenters. The fraction of sp³-hybridized carbons (Fsp3) is 0.696. The summed E-state index contributed by atoms with van der Waals surface area (Å²) in [7, 11) is 0. The number of nitrogens with zero attached hydrogens (tertiary/aromatic N) is 5. The predicted molar refractivity (Wildman–Crippen MR) is 125 cm³/mol. The summed E-state index contributed by atoms with van der Waals surface area (Å²) >= 11 is 0. The normalized spacial score (nSPS) is 33.0. The van der Waals surface area contributed by atoms with Gasteiger partial charge in [0.1, 0.15) is 5.69 Å². The first kappa shape index (κ1) is 23.0. The quantitative estimate of drug-likeness (QED) is 0.422. The molecule has 0 spiro atoms. The van der Waals surface area contributed by atoms with Crippen LogP contribution in [0.3, 0.4) is 0 Å². The lowest BCUT2D eigenvalue weighted by Crippen LogP contribution is -2.59. The van der Waals surface area contributed by atoms with Gasteiger partial charge in [-0.05, 0) is 12.8 Å². The predicted octanol–water partition coefficient (Wildman–Crippen LogP) is -0.750. The molecule has 5 N–H and O–H groups in total. The lowest BCUT2D eigenvalue weighted by Gasteiger charge is -2.43. The molecule has 11 nitrogen and oxygen atoms in total. The largest absolute Gasteiger partial charge is 0.378 e. The van der Waals surface area contributed by atoms with Crippen molar-refractivity contribution in [1.82, 2.24) is 25.6 Å². The minimum absolute atomic E-state index is 0.189. The zero-order chi connectivity index (χ0) is 24.2. The van der Waals surface area contributed by atoms with Crippen molar-refractivity contribution in [3.63, 3.8) is 0 Å². The molecule has 1 aromatic heterocycles. The Labute approximate surface area is 203 Å². The maximum absolute atomic E-state index is 15.0. The number of pyridine rings is 1. The van der Waals surface area contributed by atoms with E-state index in [1.54, 1.807) is 0 Å². The number of rotatable bonds is 5. The minimum atomic E-state index is -0.596. The third-order valence-electron chi connectivity index (χ3n) is 8.36. The van der Waals surface area contributed by atoms with Gasteiger partial charge in [0, 0.05) is 45.2 Å². The first-order valence-corrected chi connectivity index (χ1v) is 12.4. The second-order valence-electron chi connectivity index (χ2n) is 10.4. The molecule has 4 saturated heterocycles. The zero-order valence-corrected chi connectivity index (χ0v) is 19.6. The monoisotopic (exact) mass is 485 g/mol. The number of halogens is 1. The van der Waals surface area contributed by atoms with Crippen molar-refractivity contribution in [2.75, 3.05) is 62.7 Å². The molecule has 12 heteroatoms. The van der Waals surface area contributed by atoms with Crippen LogP contribution in [-0.2, 0) is 9.53 Å². The Kier molecular flexibility index (Phi) is 5.87. The van der Waals surface area contributed by atoms with Gasteiger partial charge < -0.3 is 20.7 Å². The number of hydrogen-bond donors (Lipinski definition) is 4. The van der Waals surface area contributed by atoms with Crippen molar-refractivity contribution in [1.29, 1.82) is 5.26 Å². The number of nitrogens with one attached hydrogen (secondary N) is 3. The van der Waals surface area contributed by atoms with Crippen molar-refractivity contribution >= 4 is 17.3 Å². The average molecular weight is 486 g/mol. The third-order valence-corrected chi connectivity index (χ3v) is 8.36. The number of carbonyl (C=O) groups excluding carboxylic acids is 1. The Hall–Kier alpha value is -2.40. The molecule has 4 aliphatic heterocycles. The second-order valence-corrected chi connectivity index (χ2v) is 10.4. The number of anilines is 2. The van der Waals surface area contributed by atoms with Crippen molar-refractivity contribution in [2.24, 2.45) is 23.0 Å². The Balaban J connectivity index is 1.14. The zero-order valence-electron chi connectivity index (χ0n) is 19.6. The summed E-state index contributed by atoms with van der Waals surface area (Å²) < 4.78 is 20.3. The number of carbonyl (C=O) groups is 1. The van der Waals surface area contributed by atoms with Crippen molar-refractivity contribution < 1.29 is 13.9 Å². The molecule has 188 valence electrons. The molecule has 1 aliphatic carbocycles. The third kappa shape index (κ3) is 4.06. The highest BCUT2D eigenvalue weighted by Crippen LogP contribution is 2.52. The van der Waals surface area contributed by atoms with E-state index in [9.17, 15) is 14.4 Å². The summed E-state index contributed by atoms with van der Waals surface area (Å²) in [6.45, 7) is 5.77. The standard InChI is InChI=1S/C23H32FN9O2/c24-16-8-27-9-17(19(16)32-5-3-31(4-6-32)15-11-35-12-15)29-22(34)18-20(26)30-33-10-14(7-28-21(18)33)23(13-25)1-2-23/h8-9,14-15,18,20-21,28,30H,1-7,10-12,26H2,(H,29,34). The van der Waals surface area contributed by atoms with E-state index < -0.39 is 17.9 Å². The molecule has 5 aliphatic rings. The molecule has 4 unspecified atom stereocenters. The average Bonchev–Trinajstić information content (AvgIpc) is 3.54. The van der Waals surface area contributed by atoms with E-state index in [2.05, 4.69) is 32.0 Å². The van der Waals surface area contributed by atoms with E-state index in [0.29, 0.717) is 43.6 Å². The maximum atomic E-state index is 15.0. The number of amides is 1. The van der Waals surface area contributed by atoms with Gasteiger partial charge in [0.15, 0.2) is 5.82 Å². The van der Waals surface area contributed by atoms with Crippen LogP contribution in [0.25, 0.3) is 0 Å². The van der Waals surface area contributed by atoms with Gasteiger partial charge >= 0.3 is 0 Å². The van der Waals surface area contributed by atoms with Gasteiger partial charge in [-0.3, -0.25) is 20.0 Å². The number of nitrogens with two attached hydrogens (primary N) is 1. The molecule has 35 heavy (non-hydrogen) atoms. The Morgan fingerprint density at radius 1 is 1.29 bits per heavy atom. The molecule has 1 saturated carbocycles. The van der Waals surface area contributed by atoms with Crippen LogP contribution in [-0.4, -0.2) is 91.7 Å². The molecule has 1 amide bonds. The van der Waals surface area contributed by atoms with E-state index in [1.807, 2.05) is 9.91 Å². The van der Waals surface area contributed by atoms with Gasteiger partial charge in [-0.15, -0.1) is 0 Å². The Morgan fingerprint density at radius 3 is 2.71 bits per heavy atom. The van der Waals surface area contributed by atoms with Crippen LogP contribution < -0.4 is 26.7 Å². The smallest absolute Gasteiger partial charge is 0.233 e. The van der Waals surface area contributed by atoms with Crippen LogP contribution in [0.1, 0.15) is 12.8 Å². The second kappa shape index (κ2) is 8.92. The van der Waals surface area contributed by atoms with Crippen molar-refractivity contribution in [2.45, 2.75) is 31.2 Å². The lowest BCUT2D eigenvalue weighted by molar-refractivity contribution is -0.121. The number of aromatic nitrogens is 1. The van der Waals surface area contributed by atoms with Crippen LogP contribution in [0.4, 0.5) is 15.8 Å². The summed E-state index contributed by atoms with van der Waals surface area (Å²) in [5.41, 5.74) is 10.0. The molecular weight excluding hydrogens is 453 g/mol. The van der Waals surface area contributed by atoms with Crippen molar-refractivity contribution in [3.8, 4) is 6.07 Å². The minimum Gasteiger partial charge on any atom is -0.378 e. The fourth-order valence-corrected chi connectivity index (χ4v) is 5.94. The maximum Gasteiger partial charge on any atom is 0.233 e. The van der Waals surface area contributed by atoms with Gasteiger partial charge in [-0.25, -0.2) is 14.8 Å². The van der Waals surface area contributed by atoms with Crippen LogP contribution in [0.5, 0.6) is 0 Å². The van der Waals surface area contributed by atoms with Crippen LogP contribution >= 0.6 is 0 Å². The first-order chi connectivity index (χ1) is 17.0. The van der Waals surface area contributed by atoms with E-state index in [4.69, 9.17) is 10.5 Å². The molecule has 0 bridgehead atoms. The topological polar surface area (TPSA) is 135 Å². The van der Waals surface area contributed by atoms with Gasteiger partial charge in [0.25, 0.3) is 0 Å². The number of hydrogen-bond acceptors (Lipinski definition) is 10. The summed E-state index contributed by atoms with van der Waals surface area (Å²) in [5.74, 6) is -1.14. The molecule has 0 radical (unpaired) electrons. The summed E-state index contributed by atoms with van der Waals surface area (Å²) in [5, 5.41) is 17.9. The van der Waals surface area contributed by atoms with Gasteiger partial charge in [-0.1, -0.05) is 0 Å². The highest BCUT2D eigenvalue weighted by molar-refractivity contribution is 5.96. The molecule has 5 fully saturated rings. The number of piperazine rings is 1. The number of fused-ring (bicyclic) bond motifs is 1. The van der Waals surface area contributed by atoms with Crippen molar-refractivity contribution in [3.05, 3.63) is 18.2 Å². The highest BCUT2D eigenvalue weighted by atomic mass is 19.1. The van der Waals surface area contributed by atoms with Gasteiger partial charge in [0.2, 0.25) is 5.91 Å². The Morgan fingerprint density at radius 2 is 2.06 bits per heavy atom. The SMILES string of the molecule is N#CC1(C2CNC3C(C(=O)Nc4cncc(F)c4N4CCN(C5COC5)CC4)C(N)NN3C2)CC1. The van der Waals surface area contributed by atoms with E-state index >= 15 is 0 Å². The first-order valence-electron chi connectivity index (χ1n) is 12.4. The molecule has 0 aromatic carbocycles. The molecular formula is C23H32FN9O2.